The second-order valence-corrected chi connectivity index (χ2v) is 17.2. The van der Waals surface area contributed by atoms with Gasteiger partial charge in [-0.15, -0.1) is 0 Å². The Balaban J connectivity index is 1.90. The zero-order valence-electron chi connectivity index (χ0n) is 38.1. The molecule has 0 aromatic rings. The maximum Gasteiger partial charge on any atom is 0.331 e. The number of cyclic esters (lactones) is 1. The number of hydrogen-bond donors (Lipinski definition) is 2. The lowest BCUT2D eigenvalue weighted by Crippen LogP contribution is -2.50. The number of hydrogen-bond acceptors (Lipinski definition) is 13. The summed E-state index contributed by atoms with van der Waals surface area (Å²) < 4.78 is 48.7. The Kier molecular flexibility index (Phi) is 21.3. The molecule has 3 aliphatic heterocycles. The number of allylic oxidation sites excluding steroid dienone is 2. The molecule has 2 N–H and O–H groups in total. The van der Waals surface area contributed by atoms with Crippen LogP contribution < -0.4 is 0 Å². The normalized spacial score (nSPS) is 35.3. The van der Waals surface area contributed by atoms with Gasteiger partial charge in [-0.25, -0.2) is 4.79 Å². The van der Waals surface area contributed by atoms with E-state index in [0.29, 0.717) is 50.7 Å². The van der Waals surface area contributed by atoms with Crippen molar-refractivity contribution in [3.8, 4) is 0 Å². The fourth-order valence-corrected chi connectivity index (χ4v) is 8.91. The third-order valence-corrected chi connectivity index (χ3v) is 13.0. The summed E-state index contributed by atoms with van der Waals surface area (Å²) in [5.41, 5.74) is -0.141. The molecular formula is C46H75NO13. The highest BCUT2D eigenvalue weighted by molar-refractivity contribution is 5.82. The van der Waals surface area contributed by atoms with Gasteiger partial charge in [-0.3, -0.25) is 9.59 Å². The molecule has 1 spiro atoms. The van der Waals surface area contributed by atoms with Crippen LogP contribution in [0.25, 0.3) is 0 Å². The Morgan fingerprint density at radius 1 is 1.00 bits per heavy atom. The van der Waals surface area contributed by atoms with Gasteiger partial charge in [0.05, 0.1) is 61.5 Å². The van der Waals surface area contributed by atoms with E-state index in [0.717, 1.165) is 0 Å². The van der Waals surface area contributed by atoms with E-state index in [4.69, 9.17) is 37.9 Å². The Morgan fingerprint density at radius 2 is 1.65 bits per heavy atom. The second kappa shape index (κ2) is 24.7. The topological polar surface area (TPSA) is 172 Å². The van der Waals surface area contributed by atoms with Gasteiger partial charge in [-0.1, -0.05) is 70.6 Å². The standard InChI is InChI=1S/C46H75NO13/c1-28-16-19-42(51)60-45(33(6)43(52)29(2)17-18-36(49)31(4)44(57-12)30(3)20-21-47(7)27-48)32(5)38(53-8)25-41(56-11)46(26-58-46)40(55-10)24-35-15-13-14-34(59-35)23-39(54-9)37(50)22-28/h13-14,16,19-22,27,29-35,37-41,43-45,50,52H,15,17-18,23-26H2,1-12H3/b19-16-,21-20+,28-22-/t29-,30+,31-,32-,33-,34-,35-,37-,38+,39+,40-,41-,43-,44+,45-,46-/m0/s1. The minimum absolute atomic E-state index is 0.00245. The van der Waals surface area contributed by atoms with Gasteiger partial charge < -0.3 is 53.0 Å². The van der Waals surface area contributed by atoms with E-state index < -0.39 is 72.1 Å². The van der Waals surface area contributed by atoms with E-state index in [1.807, 2.05) is 46.8 Å². The van der Waals surface area contributed by atoms with E-state index in [-0.39, 0.29) is 42.4 Å². The van der Waals surface area contributed by atoms with Crippen molar-refractivity contribution >= 4 is 18.2 Å². The van der Waals surface area contributed by atoms with Crippen molar-refractivity contribution < 1.29 is 62.5 Å². The lowest BCUT2D eigenvalue weighted by molar-refractivity contribution is -0.159. The first-order valence-corrected chi connectivity index (χ1v) is 21.4. The molecule has 16 atom stereocenters. The average Bonchev–Trinajstić information content (AvgIpc) is 4.05. The Bertz CT molecular complexity index is 1460. The number of amides is 1. The summed E-state index contributed by atoms with van der Waals surface area (Å²) in [4.78, 5) is 39.5. The number of ether oxygens (including phenoxy) is 8. The van der Waals surface area contributed by atoms with Crippen LogP contribution in [0.3, 0.4) is 0 Å². The number of rotatable bonds is 17. The van der Waals surface area contributed by atoms with Crippen molar-refractivity contribution in [1.82, 2.24) is 4.90 Å². The molecule has 0 unspecified atom stereocenters. The van der Waals surface area contributed by atoms with Crippen LogP contribution >= 0.6 is 0 Å². The zero-order valence-corrected chi connectivity index (χ0v) is 38.1. The minimum Gasteiger partial charge on any atom is -0.458 e. The summed E-state index contributed by atoms with van der Waals surface area (Å²) in [6.45, 7) is 11.6. The van der Waals surface area contributed by atoms with E-state index in [1.54, 1.807) is 67.9 Å². The van der Waals surface area contributed by atoms with Crippen molar-refractivity contribution in [1.29, 1.82) is 0 Å². The summed E-state index contributed by atoms with van der Waals surface area (Å²) in [7, 11) is 9.65. The van der Waals surface area contributed by atoms with E-state index >= 15 is 0 Å². The first kappa shape index (κ1) is 51.6. The molecule has 3 rings (SSSR count). The molecule has 0 radical (unpaired) electrons. The van der Waals surface area contributed by atoms with Crippen LogP contribution in [0, 0.1) is 29.6 Å². The first-order valence-electron chi connectivity index (χ1n) is 21.4. The highest BCUT2D eigenvalue weighted by Gasteiger charge is 2.59. The summed E-state index contributed by atoms with van der Waals surface area (Å²) in [6, 6.07) is 0. The summed E-state index contributed by atoms with van der Waals surface area (Å²) in [5.74, 6) is -2.55. The number of fused-ring (bicyclic) bond motifs is 2. The molecule has 14 nitrogen and oxygen atoms in total. The number of carbonyl (C=O) groups excluding carboxylic acids is 3. The van der Waals surface area contributed by atoms with Gasteiger partial charge in [-0.05, 0) is 25.7 Å². The van der Waals surface area contributed by atoms with Crippen LogP contribution in [0.4, 0.5) is 0 Å². The number of epoxide rings is 1. The molecule has 3 heterocycles. The van der Waals surface area contributed by atoms with E-state index in [2.05, 4.69) is 6.08 Å². The molecule has 3 aliphatic rings. The number of nitrogens with zero attached hydrogens (tertiary/aromatic N) is 1. The van der Waals surface area contributed by atoms with Crippen LogP contribution in [-0.4, -0.2) is 149 Å². The maximum absolute atomic E-state index is 13.6. The third-order valence-electron chi connectivity index (χ3n) is 13.0. The number of esters is 1. The molecule has 1 fully saturated rings. The Labute approximate surface area is 358 Å². The van der Waals surface area contributed by atoms with Crippen LogP contribution in [0.15, 0.2) is 48.2 Å². The van der Waals surface area contributed by atoms with Crippen LogP contribution in [0.5, 0.6) is 0 Å². The molecular weight excluding hydrogens is 774 g/mol. The quantitative estimate of drug-likeness (QED) is 0.0869. The predicted molar refractivity (Wildman–Crippen MR) is 227 cm³/mol. The maximum atomic E-state index is 13.6. The summed E-state index contributed by atoms with van der Waals surface area (Å²) in [5, 5.41) is 23.0. The van der Waals surface area contributed by atoms with E-state index in [9.17, 15) is 24.6 Å². The van der Waals surface area contributed by atoms with Crippen LogP contribution in [-0.2, 0) is 52.3 Å². The molecule has 0 saturated carbocycles. The highest BCUT2D eigenvalue weighted by atomic mass is 16.6. The van der Waals surface area contributed by atoms with Crippen molar-refractivity contribution in [3.05, 3.63) is 48.2 Å². The van der Waals surface area contributed by atoms with Gasteiger partial charge in [0, 0.05) is 104 Å². The van der Waals surface area contributed by atoms with Crippen LogP contribution in [0.1, 0.15) is 80.1 Å². The molecule has 342 valence electrons. The van der Waals surface area contributed by atoms with Crippen molar-refractivity contribution in [2.24, 2.45) is 29.6 Å². The molecule has 0 aromatic heterocycles. The second-order valence-electron chi connectivity index (χ2n) is 17.2. The van der Waals surface area contributed by atoms with Crippen molar-refractivity contribution in [2.75, 3.05) is 49.2 Å². The van der Waals surface area contributed by atoms with E-state index in [1.165, 1.54) is 11.0 Å². The molecule has 14 heteroatoms. The minimum atomic E-state index is -0.978. The zero-order chi connectivity index (χ0) is 44.7. The Morgan fingerprint density at radius 3 is 2.23 bits per heavy atom. The van der Waals surface area contributed by atoms with Gasteiger partial charge in [-0.2, -0.15) is 0 Å². The van der Waals surface area contributed by atoms with Crippen LogP contribution in [0.2, 0.25) is 0 Å². The molecule has 1 saturated heterocycles. The van der Waals surface area contributed by atoms with Crippen molar-refractivity contribution in [2.45, 2.75) is 147 Å². The van der Waals surface area contributed by atoms with Gasteiger partial charge in [0.15, 0.2) is 0 Å². The number of methoxy groups -OCH3 is 5. The average molecular weight is 850 g/mol. The van der Waals surface area contributed by atoms with Gasteiger partial charge in [0.1, 0.15) is 17.5 Å². The molecule has 2 bridgehead atoms. The largest absolute Gasteiger partial charge is 0.458 e. The number of Topliss-reactive ketones (excluding diaryl/α,β-unsaturated/α-hetero) is 1. The number of ketones is 1. The summed E-state index contributed by atoms with van der Waals surface area (Å²) in [6.07, 6.45) is 9.91. The lowest BCUT2D eigenvalue weighted by atomic mass is 9.78. The molecule has 0 aromatic carbocycles. The fraction of sp³-hybridized carbons (Fsp3) is 0.761. The predicted octanol–water partition coefficient (Wildman–Crippen LogP) is 5.00. The fourth-order valence-electron chi connectivity index (χ4n) is 8.91. The molecule has 60 heavy (non-hydrogen) atoms. The smallest absolute Gasteiger partial charge is 0.331 e. The SMILES string of the molecule is CO[C@H]([C@H](C)/C=C/N(C)C=O)[C@@H](C)C(=O)CC[C@H](C)[C@H](O)[C@H](C)[C@H]1OC(=O)/C=C\C(C)=C/[C@H](O)[C@H](OC)C[C@@H]2C=CC[C@@H](C[C@H](OC)[C@@]3(CO3)[C@@H](OC)C[C@@H](OC)[C@@H]1C)O2. The summed E-state index contributed by atoms with van der Waals surface area (Å²) >= 11 is 0. The lowest BCUT2D eigenvalue weighted by Gasteiger charge is -2.39. The van der Waals surface area contributed by atoms with Gasteiger partial charge in [0.25, 0.3) is 0 Å². The van der Waals surface area contributed by atoms with Crippen molar-refractivity contribution in [3.63, 3.8) is 0 Å². The van der Waals surface area contributed by atoms with Gasteiger partial charge in [0.2, 0.25) is 6.41 Å². The monoisotopic (exact) mass is 850 g/mol. The first-order chi connectivity index (χ1) is 28.5. The molecule has 0 aliphatic carbocycles. The number of aliphatic hydroxyl groups excluding tert-OH is 2. The number of carbonyl (C=O) groups is 3. The molecule has 1 amide bonds. The highest BCUT2D eigenvalue weighted by Crippen LogP contribution is 2.43. The van der Waals surface area contributed by atoms with Gasteiger partial charge >= 0.3 is 5.97 Å². The third kappa shape index (κ3) is 14.1. The number of aliphatic hydroxyl groups is 2. The Hall–Kier alpha value is -2.79.